The summed E-state index contributed by atoms with van der Waals surface area (Å²) in [5.41, 5.74) is -0.0420. The second kappa shape index (κ2) is 7.19. The predicted molar refractivity (Wildman–Crippen MR) is 106 cm³/mol. The van der Waals surface area contributed by atoms with Crippen LogP contribution in [0.2, 0.25) is 0 Å². The zero-order valence-corrected chi connectivity index (χ0v) is 17.3. The van der Waals surface area contributed by atoms with Gasteiger partial charge in [0.15, 0.2) is 0 Å². The zero-order valence-electron chi connectivity index (χ0n) is 16.5. The van der Waals surface area contributed by atoms with Crippen LogP contribution < -0.4 is 0 Å². The number of imide groups is 1. The van der Waals surface area contributed by atoms with Crippen LogP contribution in [0, 0.1) is 11.8 Å². The fourth-order valence-electron chi connectivity index (χ4n) is 5.50. The lowest BCUT2D eigenvalue weighted by Gasteiger charge is -2.36. The van der Waals surface area contributed by atoms with Gasteiger partial charge < -0.3 is 4.74 Å². The molecule has 0 radical (unpaired) electrons. The first kappa shape index (κ1) is 19.5. The monoisotopic (exact) mass is 402 g/mol. The molecule has 7 heteroatoms. The number of nitrogens with zero attached hydrogens (tertiary/aromatic N) is 2. The number of benzene rings is 1. The van der Waals surface area contributed by atoms with E-state index >= 15 is 0 Å². The van der Waals surface area contributed by atoms with Crippen molar-refractivity contribution in [2.45, 2.75) is 43.2 Å². The minimum absolute atomic E-state index is 0.160. The summed E-state index contributed by atoms with van der Waals surface area (Å²) in [6, 6.07) is 7.92. The molecule has 4 atom stereocenters. The molecular weight excluding hydrogens is 376 g/mol. The molecule has 1 aromatic carbocycles. The van der Waals surface area contributed by atoms with E-state index in [0.29, 0.717) is 19.5 Å². The summed E-state index contributed by atoms with van der Waals surface area (Å²) >= 11 is 1.76. The highest BCUT2D eigenvalue weighted by Crippen LogP contribution is 2.59. The van der Waals surface area contributed by atoms with Crippen LogP contribution in [0.25, 0.3) is 0 Å². The summed E-state index contributed by atoms with van der Waals surface area (Å²) in [6.45, 7) is 4.93. The van der Waals surface area contributed by atoms with Gasteiger partial charge in [-0.1, -0.05) is 19.1 Å². The van der Waals surface area contributed by atoms with E-state index in [1.54, 1.807) is 18.7 Å². The maximum Gasteiger partial charge on any atom is 0.327 e. The topological polar surface area (TPSA) is 66.9 Å². The SMILES string of the molecule is CCSc1ccc([C@@H]2[C@@H]3C(=O)N(CC)C(=O)[C@@H]3[C@]3(C(=O)OC)CCCN23)cc1. The number of esters is 1. The number of thioether (sulfide) groups is 1. The molecule has 4 rings (SSSR count). The molecule has 3 saturated heterocycles. The summed E-state index contributed by atoms with van der Waals surface area (Å²) in [7, 11) is 1.37. The number of fused-ring (bicyclic) bond motifs is 3. The van der Waals surface area contributed by atoms with Gasteiger partial charge in [-0.3, -0.25) is 24.2 Å². The van der Waals surface area contributed by atoms with E-state index < -0.39 is 17.4 Å². The van der Waals surface area contributed by atoms with E-state index in [-0.39, 0.29) is 23.8 Å². The molecule has 0 aromatic heterocycles. The maximum atomic E-state index is 13.2. The quantitative estimate of drug-likeness (QED) is 0.428. The molecule has 3 heterocycles. The van der Waals surface area contributed by atoms with Gasteiger partial charge in [-0.15, -0.1) is 11.8 Å². The molecule has 0 unspecified atom stereocenters. The third-order valence-electron chi connectivity index (χ3n) is 6.49. The van der Waals surface area contributed by atoms with Crippen molar-refractivity contribution in [3.63, 3.8) is 0 Å². The normalized spacial score (nSPS) is 32.0. The van der Waals surface area contributed by atoms with Crippen molar-refractivity contribution in [2.24, 2.45) is 11.8 Å². The molecule has 0 N–H and O–H groups in total. The Morgan fingerprint density at radius 1 is 1.21 bits per heavy atom. The van der Waals surface area contributed by atoms with Gasteiger partial charge in [-0.2, -0.15) is 0 Å². The summed E-state index contributed by atoms with van der Waals surface area (Å²) in [5.74, 6) is -0.979. The van der Waals surface area contributed by atoms with Gasteiger partial charge in [0.25, 0.3) is 0 Å². The highest BCUT2D eigenvalue weighted by molar-refractivity contribution is 7.99. The van der Waals surface area contributed by atoms with Crippen molar-refractivity contribution < 1.29 is 19.1 Å². The molecule has 2 amide bonds. The van der Waals surface area contributed by atoms with Crippen LogP contribution in [0.3, 0.4) is 0 Å². The van der Waals surface area contributed by atoms with Gasteiger partial charge >= 0.3 is 5.97 Å². The third kappa shape index (κ3) is 2.48. The Labute approximate surface area is 169 Å². The van der Waals surface area contributed by atoms with Crippen molar-refractivity contribution >= 4 is 29.5 Å². The molecule has 0 spiro atoms. The van der Waals surface area contributed by atoms with Gasteiger partial charge in [0.1, 0.15) is 5.54 Å². The summed E-state index contributed by atoms with van der Waals surface area (Å²) in [6.07, 6.45) is 1.36. The molecular formula is C21H26N2O4S. The summed E-state index contributed by atoms with van der Waals surface area (Å²) < 4.78 is 5.17. The number of carbonyl (C=O) groups excluding carboxylic acids is 3. The van der Waals surface area contributed by atoms with E-state index in [1.165, 1.54) is 16.9 Å². The Kier molecular flexibility index (Phi) is 5.00. The van der Waals surface area contributed by atoms with Crippen LogP contribution in [0.4, 0.5) is 0 Å². The Balaban J connectivity index is 1.83. The molecule has 3 aliphatic rings. The van der Waals surface area contributed by atoms with Crippen molar-refractivity contribution in [3.05, 3.63) is 29.8 Å². The van der Waals surface area contributed by atoms with Crippen LogP contribution in [0.5, 0.6) is 0 Å². The molecule has 6 nitrogen and oxygen atoms in total. The van der Waals surface area contributed by atoms with E-state index in [0.717, 1.165) is 17.7 Å². The number of rotatable bonds is 5. The predicted octanol–water partition coefficient (Wildman–Crippen LogP) is 2.48. The van der Waals surface area contributed by atoms with Gasteiger partial charge in [-0.05, 0) is 49.8 Å². The number of ether oxygens (including phenoxy) is 1. The number of likely N-dealkylation sites (tertiary alicyclic amines) is 1. The average Bonchev–Trinajstić information content (AvgIpc) is 3.31. The average molecular weight is 403 g/mol. The van der Waals surface area contributed by atoms with Crippen molar-refractivity contribution in [3.8, 4) is 0 Å². The Morgan fingerprint density at radius 2 is 1.93 bits per heavy atom. The largest absolute Gasteiger partial charge is 0.468 e. The highest BCUT2D eigenvalue weighted by Gasteiger charge is 2.73. The third-order valence-corrected chi connectivity index (χ3v) is 7.38. The zero-order chi connectivity index (χ0) is 20.1. The molecule has 3 fully saturated rings. The maximum absolute atomic E-state index is 13.2. The molecule has 0 aliphatic carbocycles. The lowest BCUT2D eigenvalue weighted by molar-refractivity contribution is -0.159. The number of amides is 2. The molecule has 1 aromatic rings. The van der Waals surface area contributed by atoms with Crippen molar-refractivity contribution in [1.29, 1.82) is 0 Å². The standard InChI is InChI=1S/C21H26N2O4S/c1-4-22-18(24)15-16(19(22)25)21(20(26)27-3)11-6-12-23(21)17(15)13-7-9-14(10-8-13)28-5-2/h7-10,15-17H,4-6,11-12H2,1-3H3/t15-,16-,17-,21+/m1/s1. The lowest BCUT2D eigenvalue weighted by atomic mass is 9.77. The first-order valence-corrected chi connectivity index (χ1v) is 10.9. The summed E-state index contributed by atoms with van der Waals surface area (Å²) in [4.78, 5) is 43.9. The van der Waals surface area contributed by atoms with Crippen LogP contribution in [0.15, 0.2) is 29.2 Å². The first-order chi connectivity index (χ1) is 13.5. The fourth-order valence-corrected chi connectivity index (χ4v) is 6.16. The minimum atomic E-state index is -1.03. The van der Waals surface area contributed by atoms with Gasteiger partial charge in [-0.25, -0.2) is 0 Å². The van der Waals surface area contributed by atoms with Crippen LogP contribution in [-0.4, -0.2) is 59.1 Å². The van der Waals surface area contributed by atoms with Gasteiger partial charge in [0, 0.05) is 17.5 Å². The Morgan fingerprint density at radius 3 is 2.54 bits per heavy atom. The van der Waals surface area contributed by atoms with E-state index in [2.05, 4.69) is 24.0 Å². The molecule has 3 aliphatic heterocycles. The highest BCUT2D eigenvalue weighted by atomic mass is 32.2. The molecule has 28 heavy (non-hydrogen) atoms. The Hall–Kier alpha value is -1.86. The van der Waals surface area contributed by atoms with E-state index in [9.17, 15) is 14.4 Å². The number of hydrogen-bond donors (Lipinski definition) is 0. The molecule has 150 valence electrons. The van der Waals surface area contributed by atoms with Crippen molar-refractivity contribution in [1.82, 2.24) is 9.80 Å². The number of carbonyl (C=O) groups is 3. The van der Waals surface area contributed by atoms with Crippen molar-refractivity contribution in [2.75, 3.05) is 26.0 Å². The second-order valence-corrected chi connectivity index (χ2v) is 8.92. The van der Waals surface area contributed by atoms with Gasteiger partial charge in [0.2, 0.25) is 11.8 Å². The fraction of sp³-hybridized carbons (Fsp3) is 0.571. The van der Waals surface area contributed by atoms with Crippen LogP contribution >= 0.6 is 11.8 Å². The number of hydrogen-bond acceptors (Lipinski definition) is 6. The van der Waals surface area contributed by atoms with Crippen LogP contribution in [-0.2, 0) is 19.1 Å². The molecule has 0 bridgehead atoms. The number of methoxy groups -OCH3 is 1. The first-order valence-electron chi connectivity index (χ1n) is 9.94. The van der Waals surface area contributed by atoms with E-state index in [1.807, 2.05) is 12.1 Å². The van der Waals surface area contributed by atoms with Crippen LogP contribution in [0.1, 0.15) is 38.3 Å². The minimum Gasteiger partial charge on any atom is -0.468 e. The molecule has 0 saturated carbocycles. The lowest BCUT2D eigenvalue weighted by Crippen LogP contribution is -2.54. The van der Waals surface area contributed by atoms with Gasteiger partial charge in [0.05, 0.1) is 18.9 Å². The second-order valence-electron chi connectivity index (χ2n) is 7.58. The summed E-state index contributed by atoms with van der Waals surface area (Å²) in [5, 5.41) is 0. The smallest absolute Gasteiger partial charge is 0.327 e. The van der Waals surface area contributed by atoms with E-state index in [4.69, 9.17) is 4.74 Å². The Bertz CT molecular complexity index is 811.